The molecule has 1 heterocycles. The Labute approximate surface area is 134 Å². The zero-order valence-corrected chi connectivity index (χ0v) is 14.2. The monoisotopic (exact) mass is 359 g/mol. The third kappa shape index (κ3) is 3.65. The van der Waals surface area contributed by atoms with Crippen LogP contribution in [-0.2, 0) is 9.47 Å². The fourth-order valence-corrected chi connectivity index (χ4v) is 3.43. The van der Waals surface area contributed by atoms with E-state index in [0.29, 0.717) is 29.9 Å². The third-order valence-corrected chi connectivity index (χ3v) is 4.61. The van der Waals surface area contributed by atoms with Crippen LogP contribution < -0.4 is 5.32 Å². The zero-order chi connectivity index (χ0) is 15.3. The van der Waals surface area contributed by atoms with Crippen LogP contribution in [0.15, 0.2) is 22.7 Å². The van der Waals surface area contributed by atoms with Gasteiger partial charge in [0.2, 0.25) is 0 Å². The number of rotatable bonds is 6. The van der Waals surface area contributed by atoms with E-state index in [1.807, 2.05) is 26.0 Å². The van der Waals surface area contributed by atoms with E-state index in [-0.39, 0.29) is 11.9 Å². The van der Waals surface area contributed by atoms with E-state index >= 15 is 0 Å². The maximum Gasteiger partial charge on any atom is 0.142 e. The summed E-state index contributed by atoms with van der Waals surface area (Å²) < 4.78 is 26.6. The van der Waals surface area contributed by atoms with Gasteiger partial charge in [0, 0.05) is 38.2 Å². The molecule has 0 radical (unpaired) electrons. The molecule has 1 saturated heterocycles. The average Bonchev–Trinajstić information content (AvgIpc) is 2.49. The van der Waals surface area contributed by atoms with Crippen LogP contribution in [0, 0.1) is 5.82 Å². The minimum absolute atomic E-state index is 0.177. The Bertz CT molecular complexity index is 458. The van der Waals surface area contributed by atoms with Crippen molar-refractivity contribution in [2.45, 2.75) is 38.3 Å². The Morgan fingerprint density at radius 2 is 2.10 bits per heavy atom. The van der Waals surface area contributed by atoms with Gasteiger partial charge in [0.25, 0.3) is 0 Å². The summed E-state index contributed by atoms with van der Waals surface area (Å²) in [5, 5.41) is 3.42. The lowest BCUT2D eigenvalue weighted by atomic mass is 9.81. The van der Waals surface area contributed by atoms with Crippen molar-refractivity contribution >= 4 is 15.9 Å². The Morgan fingerprint density at radius 1 is 1.38 bits per heavy atom. The predicted molar refractivity (Wildman–Crippen MR) is 84.9 cm³/mol. The van der Waals surface area contributed by atoms with Gasteiger partial charge in [0.05, 0.1) is 16.1 Å². The largest absolute Gasteiger partial charge is 0.381 e. The van der Waals surface area contributed by atoms with Gasteiger partial charge in [0.15, 0.2) is 0 Å². The summed E-state index contributed by atoms with van der Waals surface area (Å²) >= 11 is 3.28. The molecule has 1 aromatic carbocycles. The van der Waals surface area contributed by atoms with Crippen molar-refractivity contribution in [3.05, 3.63) is 34.1 Å². The molecule has 1 aromatic rings. The molecule has 0 bridgehead atoms. The van der Waals surface area contributed by atoms with Crippen LogP contribution in [0.25, 0.3) is 0 Å². The molecule has 0 aliphatic carbocycles. The third-order valence-electron chi connectivity index (χ3n) is 4.00. The molecule has 2 rings (SSSR count). The van der Waals surface area contributed by atoms with Crippen LogP contribution >= 0.6 is 15.9 Å². The van der Waals surface area contributed by atoms with Crippen LogP contribution in [0.2, 0.25) is 0 Å². The molecule has 0 saturated carbocycles. The maximum absolute atomic E-state index is 14.6. The summed E-state index contributed by atoms with van der Waals surface area (Å²) in [4.78, 5) is 0. The van der Waals surface area contributed by atoms with Gasteiger partial charge in [-0.2, -0.15) is 0 Å². The number of nitrogens with one attached hydrogen (secondary N) is 1. The Kier molecular flexibility index (Phi) is 6.17. The molecule has 1 aliphatic rings. The maximum atomic E-state index is 14.6. The molecule has 0 amide bonds. The molecule has 1 atom stereocenters. The first-order valence-corrected chi connectivity index (χ1v) is 8.33. The number of likely N-dealkylation sites (N-methyl/N-ethyl adjacent to an activating group) is 1. The Hall–Kier alpha value is -0.490. The van der Waals surface area contributed by atoms with Crippen molar-refractivity contribution in [2.75, 3.05) is 26.4 Å². The molecule has 1 unspecified atom stereocenters. The van der Waals surface area contributed by atoms with E-state index in [2.05, 4.69) is 21.2 Å². The molecule has 118 valence electrons. The average molecular weight is 360 g/mol. The van der Waals surface area contributed by atoms with Gasteiger partial charge in [-0.1, -0.05) is 19.1 Å². The van der Waals surface area contributed by atoms with Gasteiger partial charge >= 0.3 is 0 Å². The predicted octanol–water partition coefficient (Wildman–Crippen LogP) is 3.82. The summed E-state index contributed by atoms with van der Waals surface area (Å²) in [6.07, 6.45) is 1.54. The highest BCUT2D eigenvalue weighted by molar-refractivity contribution is 9.10. The van der Waals surface area contributed by atoms with Crippen molar-refractivity contribution in [3.63, 3.8) is 0 Å². The van der Waals surface area contributed by atoms with E-state index in [1.165, 1.54) is 0 Å². The van der Waals surface area contributed by atoms with Gasteiger partial charge in [-0.15, -0.1) is 0 Å². The zero-order valence-electron chi connectivity index (χ0n) is 12.6. The van der Waals surface area contributed by atoms with Crippen molar-refractivity contribution < 1.29 is 13.9 Å². The normalized spacial score (nSPS) is 19.4. The molecular formula is C16H23BrFNO2. The summed E-state index contributed by atoms with van der Waals surface area (Å²) in [5.41, 5.74) is 0.242. The lowest BCUT2D eigenvalue weighted by molar-refractivity contribution is -0.128. The quantitative estimate of drug-likeness (QED) is 0.837. The number of ether oxygens (including phenoxy) is 2. The Balaban J connectivity index is 2.41. The van der Waals surface area contributed by atoms with Gasteiger partial charge < -0.3 is 14.8 Å². The SMILES string of the molecule is CCNC(c1cccc(Br)c1F)C1(OCC)CCOCC1. The van der Waals surface area contributed by atoms with E-state index in [0.717, 1.165) is 19.4 Å². The van der Waals surface area contributed by atoms with Crippen molar-refractivity contribution in [2.24, 2.45) is 0 Å². The fraction of sp³-hybridized carbons (Fsp3) is 0.625. The van der Waals surface area contributed by atoms with Crippen LogP contribution in [0.4, 0.5) is 4.39 Å². The highest BCUT2D eigenvalue weighted by Gasteiger charge is 2.42. The van der Waals surface area contributed by atoms with Gasteiger partial charge in [-0.25, -0.2) is 4.39 Å². The second-order valence-corrected chi connectivity index (χ2v) is 6.10. The van der Waals surface area contributed by atoms with Crippen molar-refractivity contribution in [3.8, 4) is 0 Å². The fourth-order valence-electron chi connectivity index (χ4n) is 3.05. The first-order chi connectivity index (χ1) is 10.1. The molecule has 1 aliphatic heterocycles. The van der Waals surface area contributed by atoms with Gasteiger partial charge in [0.1, 0.15) is 5.82 Å². The lowest BCUT2D eigenvalue weighted by Crippen LogP contribution is -2.50. The van der Waals surface area contributed by atoms with Crippen LogP contribution in [0.3, 0.4) is 0 Å². The lowest BCUT2D eigenvalue weighted by Gasteiger charge is -2.43. The van der Waals surface area contributed by atoms with E-state index in [1.54, 1.807) is 6.07 Å². The number of halogens is 2. The van der Waals surface area contributed by atoms with E-state index < -0.39 is 5.60 Å². The topological polar surface area (TPSA) is 30.5 Å². The van der Waals surface area contributed by atoms with E-state index in [9.17, 15) is 4.39 Å². The minimum atomic E-state index is -0.412. The van der Waals surface area contributed by atoms with E-state index in [4.69, 9.17) is 9.47 Å². The number of benzene rings is 1. The molecule has 1 N–H and O–H groups in total. The van der Waals surface area contributed by atoms with Crippen molar-refractivity contribution in [1.29, 1.82) is 0 Å². The van der Waals surface area contributed by atoms with Crippen LogP contribution in [0.5, 0.6) is 0 Å². The molecule has 21 heavy (non-hydrogen) atoms. The second kappa shape index (κ2) is 7.68. The number of hydrogen-bond acceptors (Lipinski definition) is 3. The van der Waals surface area contributed by atoms with Crippen molar-refractivity contribution in [1.82, 2.24) is 5.32 Å². The smallest absolute Gasteiger partial charge is 0.142 e. The summed E-state index contributed by atoms with van der Waals surface area (Å²) in [7, 11) is 0. The molecule has 0 spiro atoms. The first-order valence-electron chi connectivity index (χ1n) is 7.53. The van der Waals surface area contributed by atoms with Gasteiger partial charge in [-0.05, 0) is 35.5 Å². The highest BCUT2D eigenvalue weighted by Crippen LogP contribution is 2.39. The second-order valence-electron chi connectivity index (χ2n) is 5.24. The summed E-state index contributed by atoms with van der Waals surface area (Å²) in [6, 6.07) is 5.25. The summed E-state index contributed by atoms with van der Waals surface area (Å²) in [5.74, 6) is -0.214. The number of hydrogen-bond donors (Lipinski definition) is 1. The van der Waals surface area contributed by atoms with Gasteiger partial charge in [-0.3, -0.25) is 0 Å². The molecule has 3 nitrogen and oxygen atoms in total. The molecule has 1 fully saturated rings. The standard InChI is InChI=1S/C16H23BrFNO2/c1-3-19-15(12-6-5-7-13(17)14(12)18)16(21-4-2)8-10-20-11-9-16/h5-7,15,19H,3-4,8-11H2,1-2H3. The minimum Gasteiger partial charge on any atom is -0.381 e. The van der Waals surface area contributed by atoms with Crippen LogP contribution in [-0.4, -0.2) is 32.0 Å². The Morgan fingerprint density at radius 3 is 2.71 bits per heavy atom. The highest BCUT2D eigenvalue weighted by atomic mass is 79.9. The first kappa shape index (κ1) is 16.9. The molecule has 5 heteroatoms. The van der Waals surface area contributed by atoms with Crippen LogP contribution in [0.1, 0.15) is 38.3 Å². The summed E-state index contributed by atoms with van der Waals surface area (Å²) in [6.45, 7) is 6.68. The molecule has 0 aromatic heterocycles. The molecular weight excluding hydrogens is 337 g/mol.